The van der Waals surface area contributed by atoms with Gasteiger partial charge in [-0.2, -0.15) is 0 Å². The number of aromatic nitrogens is 2. The van der Waals surface area contributed by atoms with Gasteiger partial charge in [0, 0.05) is 23.2 Å². The number of carbonyl (C=O) groups excluding carboxylic acids is 1. The number of nitrogens with one attached hydrogen (secondary N) is 3. The lowest BCUT2D eigenvalue weighted by atomic mass is 10.2. The SMILES string of the molecule is CC(=O)Nc1ccc(NCc2nc3sc(-c4ccccc4)cc3c(=O)[nH]2)cc1. The number of rotatable bonds is 5. The fraction of sp³-hybridized carbons (Fsp3) is 0.0952. The summed E-state index contributed by atoms with van der Waals surface area (Å²) in [4.78, 5) is 32.7. The van der Waals surface area contributed by atoms with Crippen LogP contribution in [0.4, 0.5) is 11.4 Å². The molecule has 7 heteroatoms. The zero-order chi connectivity index (χ0) is 19.5. The summed E-state index contributed by atoms with van der Waals surface area (Å²) < 4.78 is 0. The zero-order valence-electron chi connectivity index (χ0n) is 15.2. The van der Waals surface area contributed by atoms with Crippen molar-refractivity contribution in [2.75, 3.05) is 10.6 Å². The quantitative estimate of drug-likeness (QED) is 0.476. The monoisotopic (exact) mass is 390 g/mol. The van der Waals surface area contributed by atoms with Crippen LogP contribution in [-0.4, -0.2) is 15.9 Å². The van der Waals surface area contributed by atoms with E-state index >= 15 is 0 Å². The van der Waals surface area contributed by atoms with Crippen molar-refractivity contribution in [2.45, 2.75) is 13.5 Å². The molecule has 0 spiro atoms. The molecule has 0 unspecified atom stereocenters. The van der Waals surface area contributed by atoms with E-state index in [4.69, 9.17) is 0 Å². The lowest BCUT2D eigenvalue weighted by Crippen LogP contribution is -2.13. The summed E-state index contributed by atoms with van der Waals surface area (Å²) in [6.07, 6.45) is 0. The third-order valence-electron chi connectivity index (χ3n) is 4.17. The second-order valence-corrected chi connectivity index (χ2v) is 7.35. The molecule has 0 saturated carbocycles. The van der Waals surface area contributed by atoms with E-state index in [1.165, 1.54) is 18.3 Å². The molecule has 0 atom stereocenters. The summed E-state index contributed by atoms with van der Waals surface area (Å²) in [7, 11) is 0. The standard InChI is InChI=1S/C21H18N4O2S/c1-13(26)23-16-9-7-15(8-10-16)22-12-19-24-20(27)17-11-18(28-21(17)25-19)14-5-3-2-4-6-14/h2-11,22H,12H2,1H3,(H,23,26)(H,24,25,27). The Morgan fingerprint density at radius 1 is 1.07 bits per heavy atom. The highest BCUT2D eigenvalue weighted by Gasteiger charge is 2.10. The fourth-order valence-corrected chi connectivity index (χ4v) is 3.92. The van der Waals surface area contributed by atoms with Crippen molar-refractivity contribution in [2.24, 2.45) is 0 Å². The molecule has 0 aliphatic rings. The first-order valence-corrected chi connectivity index (χ1v) is 9.60. The van der Waals surface area contributed by atoms with Gasteiger partial charge in [0.1, 0.15) is 10.7 Å². The highest BCUT2D eigenvalue weighted by molar-refractivity contribution is 7.21. The van der Waals surface area contributed by atoms with Crippen LogP contribution in [0.15, 0.2) is 65.5 Å². The lowest BCUT2D eigenvalue weighted by molar-refractivity contribution is -0.114. The second-order valence-electron chi connectivity index (χ2n) is 6.32. The van der Waals surface area contributed by atoms with E-state index in [2.05, 4.69) is 20.6 Å². The average Bonchev–Trinajstić information content (AvgIpc) is 3.13. The van der Waals surface area contributed by atoms with Crippen LogP contribution in [0.3, 0.4) is 0 Å². The molecule has 140 valence electrons. The molecule has 2 heterocycles. The number of carbonyl (C=O) groups is 1. The van der Waals surface area contributed by atoms with E-state index in [0.29, 0.717) is 17.8 Å². The van der Waals surface area contributed by atoms with E-state index in [1.807, 2.05) is 60.7 Å². The van der Waals surface area contributed by atoms with Crippen LogP contribution in [-0.2, 0) is 11.3 Å². The van der Waals surface area contributed by atoms with Gasteiger partial charge in [-0.15, -0.1) is 11.3 Å². The lowest BCUT2D eigenvalue weighted by Gasteiger charge is -2.07. The maximum Gasteiger partial charge on any atom is 0.259 e. The summed E-state index contributed by atoms with van der Waals surface area (Å²) >= 11 is 1.51. The summed E-state index contributed by atoms with van der Waals surface area (Å²) in [5.74, 6) is 0.464. The fourth-order valence-electron chi connectivity index (χ4n) is 2.86. The Balaban J connectivity index is 1.53. The van der Waals surface area contributed by atoms with Crippen molar-refractivity contribution < 1.29 is 4.79 Å². The van der Waals surface area contributed by atoms with E-state index in [9.17, 15) is 9.59 Å². The Bertz CT molecular complexity index is 1180. The maximum atomic E-state index is 12.4. The molecule has 0 bridgehead atoms. The maximum absolute atomic E-state index is 12.4. The first-order valence-electron chi connectivity index (χ1n) is 8.78. The second kappa shape index (κ2) is 7.66. The Kier molecular flexibility index (Phi) is 4.90. The van der Waals surface area contributed by atoms with Crippen molar-refractivity contribution in [3.63, 3.8) is 0 Å². The molecule has 3 N–H and O–H groups in total. The minimum absolute atomic E-state index is 0.110. The summed E-state index contributed by atoms with van der Waals surface area (Å²) in [6, 6.07) is 19.2. The highest BCUT2D eigenvalue weighted by Crippen LogP contribution is 2.30. The number of aromatic amines is 1. The first-order chi connectivity index (χ1) is 13.6. The number of hydrogen-bond donors (Lipinski definition) is 3. The first kappa shape index (κ1) is 17.9. The van der Waals surface area contributed by atoms with Gasteiger partial charge in [-0.1, -0.05) is 30.3 Å². The molecule has 28 heavy (non-hydrogen) atoms. The van der Waals surface area contributed by atoms with Gasteiger partial charge in [0.05, 0.1) is 11.9 Å². The van der Waals surface area contributed by atoms with Crippen LogP contribution in [0.2, 0.25) is 0 Å². The van der Waals surface area contributed by atoms with Gasteiger partial charge in [0.15, 0.2) is 0 Å². The molecular formula is C21H18N4O2S. The minimum atomic E-state index is -0.138. The molecule has 0 fully saturated rings. The largest absolute Gasteiger partial charge is 0.378 e. The summed E-state index contributed by atoms with van der Waals surface area (Å²) in [6.45, 7) is 1.86. The third kappa shape index (κ3) is 3.94. The third-order valence-corrected chi connectivity index (χ3v) is 5.25. The van der Waals surface area contributed by atoms with Crippen molar-refractivity contribution in [3.05, 3.63) is 76.8 Å². The molecule has 4 aromatic rings. The molecule has 0 radical (unpaired) electrons. The van der Waals surface area contributed by atoms with Gasteiger partial charge in [0.25, 0.3) is 5.56 Å². The van der Waals surface area contributed by atoms with Crippen LogP contribution in [0, 0.1) is 0 Å². The van der Waals surface area contributed by atoms with Crippen LogP contribution < -0.4 is 16.2 Å². The number of fused-ring (bicyclic) bond motifs is 1. The molecule has 6 nitrogen and oxygen atoms in total. The van der Waals surface area contributed by atoms with Gasteiger partial charge >= 0.3 is 0 Å². The Labute approximate surface area is 165 Å². The van der Waals surface area contributed by atoms with Crippen molar-refractivity contribution in [1.29, 1.82) is 0 Å². The van der Waals surface area contributed by atoms with E-state index in [1.54, 1.807) is 0 Å². The number of thiophene rings is 1. The summed E-state index contributed by atoms with van der Waals surface area (Å²) in [5, 5.41) is 6.56. The predicted molar refractivity (Wildman–Crippen MR) is 114 cm³/mol. The van der Waals surface area contributed by atoms with Gasteiger partial charge in [-0.25, -0.2) is 4.98 Å². The minimum Gasteiger partial charge on any atom is -0.378 e. The van der Waals surface area contributed by atoms with E-state index < -0.39 is 0 Å². The molecule has 1 amide bonds. The molecule has 0 saturated heterocycles. The number of nitrogens with zero attached hydrogens (tertiary/aromatic N) is 1. The number of anilines is 2. The van der Waals surface area contributed by atoms with E-state index in [0.717, 1.165) is 26.6 Å². The zero-order valence-corrected chi connectivity index (χ0v) is 16.0. The van der Waals surface area contributed by atoms with Crippen LogP contribution in [0.25, 0.3) is 20.7 Å². The van der Waals surface area contributed by atoms with Crippen LogP contribution >= 0.6 is 11.3 Å². The number of hydrogen-bond acceptors (Lipinski definition) is 5. The molecule has 4 rings (SSSR count). The Morgan fingerprint density at radius 3 is 2.50 bits per heavy atom. The Morgan fingerprint density at radius 2 is 1.79 bits per heavy atom. The van der Waals surface area contributed by atoms with E-state index in [-0.39, 0.29) is 11.5 Å². The molecule has 2 aromatic carbocycles. The smallest absolute Gasteiger partial charge is 0.259 e. The van der Waals surface area contributed by atoms with Crippen LogP contribution in [0.5, 0.6) is 0 Å². The van der Waals surface area contributed by atoms with Gasteiger partial charge in [-0.3, -0.25) is 9.59 Å². The molecule has 0 aliphatic heterocycles. The molecular weight excluding hydrogens is 372 g/mol. The van der Waals surface area contributed by atoms with Gasteiger partial charge < -0.3 is 15.6 Å². The normalized spacial score (nSPS) is 10.8. The van der Waals surface area contributed by atoms with Gasteiger partial charge in [-0.05, 0) is 35.9 Å². The Hall–Kier alpha value is -3.45. The van der Waals surface area contributed by atoms with Crippen molar-refractivity contribution in [1.82, 2.24) is 9.97 Å². The molecule has 2 aromatic heterocycles. The average molecular weight is 390 g/mol. The number of amides is 1. The summed E-state index contributed by atoms with van der Waals surface area (Å²) in [5.41, 5.74) is 2.54. The number of H-pyrrole nitrogens is 1. The topological polar surface area (TPSA) is 86.9 Å². The van der Waals surface area contributed by atoms with Crippen molar-refractivity contribution >= 4 is 38.8 Å². The van der Waals surface area contributed by atoms with Crippen molar-refractivity contribution in [3.8, 4) is 10.4 Å². The van der Waals surface area contributed by atoms with Gasteiger partial charge in [0.2, 0.25) is 5.91 Å². The highest BCUT2D eigenvalue weighted by atomic mass is 32.1. The molecule has 0 aliphatic carbocycles. The predicted octanol–water partition coefficient (Wildman–Crippen LogP) is 4.22. The number of benzene rings is 2. The van der Waals surface area contributed by atoms with Crippen LogP contribution in [0.1, 0.15) is 12.7 Å².